The molecular weight excluding hydrogens is 440 g/mol. The van der Waals surface area contributed by atoms with E-state index in [0.717, 1.165) is 21.7 Å². The lowest BCUT2D eigenvalue weighted by Crippen LogP contribution is -2.13. The number of rotatable bonds is 5. The summed E-state index contributed by atoms with van der Waals surface area (Å²) in [5, 5.41) is 20.4. The number of aromatic nitrogens is 1. The van der Waals surface area contributed by atoms with E-state index in [0.29, 0.717) is 27.7 Å². The van der Waals surface area contributed by atoms with E-state index in [1.54, 1.807) is 31.2 Å². The molecule has 0 aliphatic heterocycles. The average molecular weight is 456 g/mol. The molecule has 162 valence electrons. The molecule has 0 amide bonds. The van der Waals surface area contributed by atoms with E-state index >= 15 is 0 Å². The lowest BCUT2D eigenvalue weighted by Gasteiger charge is -2.05. The van der Waals surface area contributed by atoms with E-state index in [1.165, 1.54) is 23.5 Å². The molecule has 0 atom stereocenters. The maximum Gasteiger partial charge on any atom is 0.345 e. The monoisotopic (exact) mass is 456 g/mol. The Bertz CT molecular complexity index is 1600. The summed E-state index contributed by atoms with van der Waals surface area (Å²) < 4.78 is 5.54. The van der Waals surface area contributed by atoms with Crippen LogP contribution in [0.25, 0.3) is 33.0 Å². The van der Waals surface area contributed by atoms with Gasteiger partial charge in [0.1, 0.15) is 5.58 Å². The maximum atomic E-state index is 12.6. The normalized spacial score (nSPS) is 11.7. The van der Waals surface area contributed by atoms with Gasteiger partial charge in [0.2, 0.25) is 5.13 Å². The van der Waals surface area contributed by atoms with Crippen molar-refractivity contribution in [3.05, 3.63) is 98.2 Å². The first-order chi connectivity index (χ1) is 16.0. The molecule has 0 unspecified atom stereocenters. The fourth-order valence-electron chi connectivity index (χ4n) is 3.53. The van der Waals surface area contributed by atoms with Crippen LogP contribution in [-0.2, 0) is 0 Å². The molecule has 0 aliphatic rings. The van der Waals surface area contributed by atoms with Crippen LogP contribution >= 0.6 is 11.3 Å². The van der Waals surface area contributed by atoms with Gasteiger partial charge in [-0.25, -0.2) is 9.78 Å². The number of anilines is 1. The molecule has 1 N–H and O–H groups in total. The number of non-ortho nitro benzene ring substituents is 1. The number of fused-ring (bicyclic) bond motifs is 3. The molecule has 9 heteroatoms. The van der Waals surface area contributed by atoms with Crippen molar-refractivity contribution in [1.29, 1.82) is 0 Å². The number of benzene rings is 3. The minimum Gasteiger partial charge on any atom is -0.422 e. The second kappa shape index (κ2) is 8.29. The minimum atomic E-state index is -0.466. The van der Waals surface area contributed by atoms with E-state index in [-0.39, 0.29) is 5.69 Å². The largest absolute Gasteiger partial charge is 0.422 e. The lowest BCUT2D eigenvalue weighted by molar-refractivity contribution is -0.384. The number of thiazole rings is 1. The molecule has 3 aromatic carbocycles. The van der Waals surface area contributed by atoms with Gasteiger partial charge in [0.25, 0.3) is 5.69 Å². The van der Waals surface area contributed by atoms with E-state index in [2.05, 4.69) is 15.5 Å². The van der Waals surface area contributed by atoms with Crippen LogP contribution in [0.1, 0.15) is 12.5 Å². The first-order valence-corrected chi connectivity index (χ1v) is 10.8. The highest BCUT2D eigenvalue weighted by atomic mass is 32.1. The van der Waals surface area contributed by atoms with Crippen molar-refractivity contribution in [2.75, 3.05) is 5.43 Å². The zero-order valence-corrected chi connectivity index (χ0v) is 18.1. The molecule has 33 heavy (non-hydrogen) atoms. The number of nitro groups is 1. The Morgan fingerprint density at radius 1 is 1.09 bits per heavy atom. The van der Waals surface area contributed by atoms with Crippen molar-refractivity contribution in [1.82, 2.24) is 4.98 Å². The SMILES string of the molecule is CC(=NNc1nc(-c2ccc([N+](=O)[O-])cc2)cs1)c1cc2c(ccc3ccccc32)oc1=O. The number of nitrogens with zero attached hydrogens (tertiary/aromatic N) is 3. The lowest BCUT2D eigenvalue weighted by atomic mass is 10.0. The molecule has 8 nitrogen and oxygen atoms in total. The fraction of sp³-hybridized carbons (Fsp3) is 0.0417. The van der Waals surface area contributed by atoms with Crippen LogP contribution in [0.15, 0.2) is 86.4 Å². The molecule has 0 saturated heterocycles. The number of hydrogen-bond donors (Lipinski definition) is 1. The number of nitro benzene ring substituents is 1. The molecule has 0 spiro atoms. The molecular formula is C24H16N4O4S. The summed E-state index contributed by atoms with van der Waals surface area (Å²) in [5.41, 5.74) is 5.21. The molecule has 0 fully saturated rings. The van der Waals surface area contributed by atoms with Crippen molar-refractivity contribution < 1.29 is 9.34 Å². The van der Waals surface area contributed by atoms with E-state index < -0.39 is 10.5 Å². The van der Waals surface area contributed by atoms with Gasteiger partial charge < -0.3 is 4.42 Å². The van der Waals surface area contributed by atoms with Crippen LogP contribution in [0.2, 0.25) is 0 Å². The standard InChI is InChI=1S/C24H16N4O4S/c1-14(19-12-20-18-5-3-2-4-15(18)8-11-22(20)32-23(19)29)26-27-24-25-21(13-33-24)16-6-9-17(10-7-16)28(30)31/h2-13H,1H3,(H,25,27). The fourth-order valence-corrected chi connectivity index (χ4v) is 4.19. The van der Waals surface area contributed by atoms with Crippen molar-refractivity contribution in [2.45, 2.75) is 6.92 Å². The van der Waals surface area contributed by atoms with Gasteiger partial charge in [0.05, 0.1) is 21.9 Å². The summed E-state index contributed by atoms with van der Waals surface area (Å²) in [6.07, 6.45) is 0. The molecule has 0 saturated carbocycles. The molecule has 5 rings (SSSR count). The summed E-state index contributed by atoms with van der Waals surface area (Å²) >= 11 is 1.34. The Morgan fingerprint density at radius 3 is 2.67 bits per heavy atom. The van der Waals surface area contributed by atoms with Crippen molar-refractivity contribution >= 4 is 49.6 Å². The Hall–Kier alpha value is -4.37. The van der Waals surface area contributed by atoms with Gasteiger partial charge >= 0.3 is 5.63 Å². The third-order valence-electron chi connectivity index (χ3n) is 5.23. The van der Waals surface area contributed by atoms with Crippen LogP contribution in [0.4, 0.5) is 10.8 Å². The zero-order chi connectivity index (χ0) is 22.9. The quantitative estimate of drug-likeness (QED) is 0.117. The van der Waals surface area contributed by atoms with Gasteiger partial charge in [0, 0.05) is 28.5 Å². The van der Waals surface area contributed by atoms with Crippen LogP contribution in [-0.4, -0.2) is 15.6 Å². The van der Waals surface area contributed by atoms with Gasteiger partial charge in [-0.1, -0.05) is 30.3 Å². The molecule has 0 radical (unpaired) electrons. The van der Waals surface area contributed by atoms with Gasteiger partial charge in [0.15, 0.2) is 0 Å². The summed E-state index contributed by atoms with van der Waals surface area (Å²) in [7, 11) is 0. The van der Waals surface area contributed by atoms with Crippen LogP contribution in [0.3, 0.4) is 0 Å². The van der Waals surface area contributed by atoms with Gasteiger partial charge in [-0.2, -0.15) is 5.10 Å². The average Bonchev–Trinajstić information content (AvgIpc) is 3.31. The number of nitrogens with one attached hydrogen (secondary N) is 1. The second-order valence-electron chi connectivity index (χ2n) is 7.30. The first-order valence-electron chi connectivity index (χ1n) is 9.96. The smallest absolute Gasteiger partial charge is 0.345 e. The predicted octanol–water partition coefficient (Wildman–Crippen LogP) is 5.81. The van der Waals surface area contributed by atoms with Gasteiger partial charge in [-0.05, 0) is 42.0 Å². The second-order valence-corrected chi connectivity index (χ2v) is 8.16. The van der Waals surface area contributed by atoms with Crippen LogP contribution in [0.5, 0.6) is 0 Å². The highest BCUT2D eigenvalue weighted by Crippen LogP contribution is 2.27. The molecule has 5 aromatic rings. The summed E-state index contributed by atoms with van der Waals surface area (Å²) in [6.45, 7) is 1.72. The minimum absolute atomic E-state index is 0.0227. The molecule has 0 aliphatic carbocycles. The highest BCUT2D eigenvalue weighted by Gasteiger charge is 2.12. The topological polar surface area (TPSA) is 111 Å². The van der Waals surface area contributed by atoms with E-state index in [9.17, 15) is 14.9 Å². The Morgan fingerprint density at radius 2 is 1.88 bits per heavy atom. The van der Waals surface area contributed by atoms with Gasteiger partial charge in [-0.3, -0.25) is 15.5 Å². The highest BCUT2D eigenvalue weighted by molar-refractivity contribution is 7.14. The van der Waals surface area contributed by atoms with Crippen molar-refractivity contribution in [3.8, 4) is 11.3 Å². The van der Waals surface area contributed by atoms with E-state index in [4.69, 9.17) is 4.42 Å². The zero-order valence-electron chi connectivity index (χ0n) is 17.3. The summed E-state index contributed by atoms with van der Waals surface area (Å²) in [6, 6.07) is 19.6. The summed E-state index contributed by atoms with van der Waals surface area (Å²) in [5.74, 6) is 0. The Kier molecular flexibility index (Phi) is 5.15. The third kappa shape index (κ3) is 3.97. The van der Waals surface area contributed by atoms with Crippen molar-refractivity contribution in [2.24, 2.45) is 5.10 Å². The molecule has 0 bridgehead atoms. The molecule has 2 heterocycles. The maximum absolute atomic E-state index is 12.6. The van der Waals surface area contributed by atoms with Crippen LogP contribution in [0, 0.1) is 10.1 Å². The number of hydrazone groups is 1. The summed E-state index contributed by atoms with van der Waals surface area (Å²) in [4.78, 5) is 27.4. The number of hydrogen-bond acceptors (Lipinski definition) is 8. The van der Waals surface area contributed by atoms with Crippen molar-refractivity contribution in [3.63, 3.8) is 0 Å². The Labute approximate surface area is 191 Å². The first kappa shape index (κ1) is 20.5. The van der Waals surface area contributed by atoms with Crippen LogP contribution < -0.4 is 11.1 Å². The predicted molar refractivity (Wildman–Crippen MR) is 130 cm³/mol. The van der Waals surface area contributed by atoms with E-state index in [1.807, 2.05) is 35.7 Å². The van der Waals surface area contributed by atoms with Gasteiger partial charge in [-0.15, -0.1) is 11.3 Å². The molecule has 2 aromatic heterocycles. The third-order valence-corrected chi connectivity index (χ3v) is 5.98. The Balaban J connectivity index is 1.43.